The average Bonchev–Trinajstić information content (AvgIpc) is 3.02. The molecule has 31 heavy (non-hydrogen) atoms. The number of aromatic nitrogens is 2. The fourth-order valence-corrected chi connectivity index (χ4v) is 5.02. The van der Waals surface area contributed by atoms with E-state index in [4.69, 9.17) is 5.10 Å². The highest BCUT2D eigenvalue weighted by Gasteiger charge is 2.42. The number of aromatic hydroxyl groups is 1. The van der Waals surface area contributed by atoms with Gasteiger partial charge in [0.1, 0.15) is 11.6 Å². The molecule has 1 atom stereocenters. The topological polar surface area (TPSA) is 67.2 Å². The highest BCUT2D eigenvalue weighted by Crippen LogP contribution is 2.50. The highest BCUT2D eigenvalue weighted by molar-refractivity contribution is 6.01. The fraction of sp³-hybridized carbons (Fsp3) is 0.308. The monoisotopic (exact) mass is 413 g/mol. The Morgan fingerprint density at radius 1 is 1.10 bits per heavy atom. The number of aryl methyl sites for hydroxylation is 2. The molecule has 2 aromatic carbocycles. The number of Topliss-reactive ketones (excluding diaryl/α,β-unsaturated/α-hetero) is 1. The van der Waals surface area contributed by atoms with E-state index >= 15 is 0 Å². The molecule has 0 radical (unpaired) electrons. The molecular formula is C26H27N3O2. The molecule has 1 unspecified atom stereocenters. The summed E-state index contributed by atoms with van der Waals surface area (Å²) in [6.45, 7) is 8.36. The molecule has 5 nitrogen and oxygen atoms in total. The van der Waals surface area contributed by atoms with Crippen molar-refractivity contribution in [3.63, 3.8) is 0 Å². The van der Waals surface area contributed by atoms with Crippen molar-refractivity contribution in [3.8, 4) is 11.4 Å². The Morgan fingerprint density at radius 3 is 2.55 bits per heavy atom. The van der Waals surface area contributed by atoms with Gasteiger partial charge >= 0.3 is 0 Å². The number of anilines is 1. The van der Waals surface area contributed by atoms with Gasteiger partial charge in [-0.05, 0) is 61.1 Å². The Labute approximate surface area is 182 Å². The highest BCUT2D eigenvalue weighted by atomic mass is 16.3. The van der Waals surface area contributed by atoms with Gasteiger partial charge in [0.2, 0.25) is 0 Å². The van der Waals surface area contributed by atoms with Crippen LogP contribution in [0.3, 0.4) is 0 Å². The molecule has 0 amide bonds. The first-order chi connectivity index (χ1) is 14.7. The van der Waals surface area contributed by atoms with Crippen molar-refractivity contribution in [3.05, 3.63) is 82.2 Å². The van der Waals surface area contributed by atoms with Gasteiger partial charge in [0.25, 0.3) is 0 Å². The number of carbonyl (C=O) groups excluding carboxylic acids is 1. The molecule has 2 N–H and O–H groups in total. The lowest BCUT2D eigenvalue weighted by Crippen LogP contribution is -2.34. The maximum atomic E-state index is 13.4. The van der Waals surface area contributed by atoms with Gasteiger partial charge in [-0.3, -0.25) is 4.79 Å². The number of nitrogens with zero attached hydrogens (tertiary/aromatic N) is 2. The summed E-state index contributed by atoms with van der Waals surface area (Å²) in [7, 11) is 0. The molecule has 3 aromatic rings. The zero-order valence-corrected chi connectivity index (χ0v) is 18.4. The maximum absolute atomic E-state index is 13.4. The molecule has 2 aliphatic rings. The molecule has 0 spiro atoms. The van der Waals surface area contributed by atoms with E-state index in [-0.39, 0.29) is 22.9 Å². The lowest BCUT2D eigenvalue weighted by Gasteiger charge is -2.38. The largest absolute Gasteiger partial charge is 0.508 e. The predicted octanol–water partition coefficient (Wildman–Crippen LogP) is 5.40. The van der Waals surface area contributed by atoms with Crippen LogP contribution in [0.2, 0.25) is 0 Å². The van der Waals surface area contributed by atoms with E-state index in [2.05, 4.69) is 44.3 Å². The third-order valence-electron chi connectivity index (χ3n) is 6.35. The third-order valence-corrected chi connectivity index (χ3v) is 6.35. The van der Waals surface area contributed by atoms with E-state index in [0.29, 0.717) is 6.42 Å². The van der Waals surface area contributed by atoms with E-state index in [9.17, 15) is 9.90 Å². The Morgan fingerprint density at radius 2 is 1.84 bits per heavy atom. The van der Waals surface area contributed by atoms with Gasteiger partial charge in [0.15, 0.2) is 5.78 Å². The number of ketones is 1. The van der Waals surface area contributed by atoms with Crippen molar-refractivity contribution in [2.45, 2.75) is 46.5 Å². The van der Waals surface area contributed by atoms with Crippen LogP contribution in [0.15, 0.2) is 59.8 Å². The Bertz CT molecular complexity index is 1230. The maximum Gasteiger partial charge on any atom is 0.162 e. The van der Waals surface area contributed by atoms with Crippen LogP contribution in [0.1, 0.15) is 55.0 Å². The summed E-state index contributed by atoms with van der Waals surface area (Å²) < 4.78 is 1.96. The summed E-state index contributed by atoms with van der Waals surface area (Å²) in [5, 5.41) is 18.3. The SMILES string of the molecule is Cc1cccc(-n2nc(C)c3c2NC2=C(C(=O)CC(C)(C)C2)C3c2ccc(O)cc2)c1. The number of phenolic OH excluding ortho intramolecular Hbond substituents is 1. The second-order valence-electron chi connectivity index (χ2n) is 9.58. The predicted molar refractivity (Wildman–Crippen MR) is 122 cm³/mol. The van der Waals surface area contributed by atoms with E-state index in [1.807, 2.05) is 29.8 Å². The number of nitrogens with one attached hydrogen (secondary N) is 1. The van der Waals surface area contributed by atoms with E-state index in [1.54, 1.807) is 12.1 Å². The lowest BCUT2D eigenvalue weighted by atomic mass is 9.69. The first-order valence-corrected chi connectivity index (χ1v) is 10.7. The standard InChI is InChI=1S/C26H27N3O2/c1-15-6-5-7-18(12-15)29-25-22(16(2)28-29)23(17-8-10-19(30)11-9-17)24-20(27-25)13-26(3,4)14-21(24)31/h5-12,23,27,30H,13-14H2,1-4H3. The summed E-state index contributed by atoms with van der Waals surface area (Å²) in [6.07, 6.45) is 1.34. The number of benzene rings is 2. The molecule has 1 aromatic heterocycles. The van der Waals surface area contributed by atoms with Gasteiger partial charge < -0.3 is 10.4 Å². The second kappa shape index (κ2) is 6.84. The van der Waals surface area contributed by atoms with Crippen LogP contribution in [0, 0.1) is 19.3 Å². The van der Waals surface area contributed by atoms with Crippen LogP contribution in [-0.2, 0) is 4.79 Å². The molecule has 5 heteroatoms. The Kier molecular flexibility index (Phi) is 4.33. The van der Waals surface area contributed by atoms with E-state index < -0.39 is 0 Å². The number of hydrogen-bond donors (Lipinski definition) is 2. The molecule has 0 bridgehead atoms. The first kappa shape index (κ1) is 19.6. The summed E-state index contributed by atoms with van der Waals surface area (Å²) in [6, 6.07) is 15.5. The van der Waals surface area contributed by atoms with E-state index in [1.165, 1.54) is 5.56 Å². The van der Waals surface area contributed by atoms with Crippen molar-refractivity contribution < 1.29 is 9.90 Å². The van der Waals surface area contributed by atoms with Gasteiger partial charge in [-0.25, -0.2) is 4.68 Å². The summed E-state index contributed by atoms with van der Waals surface area (Å²) in [4.78, 5) is 13.4. The summed E-state index contributed by atoms with van der Waals surface area (Å²) >= 11 is 0. The van der Waals surface area contributed by atoms with Crippen LogP contribution in [0.25, 0.3) is 5.69 Å². The third kappa shape index (κ3) is 3.25. The molecule has 0 saturated heterocycles. The second-order valence-corrected chi connectivity index (χ2v) is 9.58. The number of phenols is 1. The molecular weight excluding hydrogens is 386 g/mol. The summed E-state index contributed by atoms with van der Waals surface area (Å²) in [5.41, 5.74) is 6.80. The lowest BCUT2D eigenvalue weighted by molar-refractivity contribution is -0.118. The van der Waals surface area contributed by atoms with Gasteiger partial charge in [0.05, 0.1) is 11.4 Å². The molecule has 1 aliphatic heterocycles. The molecule has 1 aliphatic carbocycles. The van der Waals surface area contributed by atoms with Crippen LogP contribution in [0.5, 0.6) is 5.75 Å². The first-order valence-electron chi connectivity index (χ1n) is 10.7. The fourth-order valence-electron chi connectivity index (χ4n) is 5.02. The quantitative estimate of drug-likeness (QED) is 0.591. The van der Waals surface area contributed by atoms with E-state index in [0.717, 1.165) is 46.0 Å². The number of rotatable bonds is 2. The Hall–Kier alpha value is -3.34. The van der Waals surface area contributed by atoms with Crippen molar-refractivity contribution in [1.29, 1.82) is 0 Å². The van der Waals surface area contributed by atoms with Crippen LogP contribution in [0.4, 0.5) is 5.82 Å². The van der Waals surface area contributed by atoms with Crippen molar-refractivity contribution in [2.24, 2.45) is 5.41 Å². The van der Waals surface area contributed by atoms with Gasteiger partial charge in [-0.2, -0.15) is 5.10 Å². The normalized spacial score (nSPS) is 19.6. The van der Waals surface area contributed by atoms with Gasteiger partial charge in [0, 0.05) is 29.2 Å². The number of hydrogen-bond acceptors (Lipinski definition) is 4. The summed E-state index contributed by atoms with van der Waals surface area (Å²) in [5.74, 6) is 1.13. The van der Waals surface area contributed by atoms with Gasteiger partial charge in [-0.1, -0.05) is 38.1 Å². The molecule has 158 valence electrons. The number of allylic oxidation sites excluding steroid dienone is 2. The van der Waals surface area contributed by atoms with Crippen LogP contribution in [-0.4, -0.2) is 20.7 Å². The molecule has 5 rings (SSSR count). The molecule has 0 fully saturated rings. The minimum atomic E-state index is -0.200. The Balaban J connectivity index is 1.76. The van der Waals surface area contributed by atoms with Crippen molar-refractivity contribution in [2.75, 3.05) is 5.32 Å². The average molecular weight is 414 g/mol. The van der Waals surface area contributed by atoms with Gasteiger partial charge in [-0.15, -0.1) is 0 Å². The minimum absolute atomic E-state index is 0.0941. The number of fused-ring (bicyclic) bond motifs is 1. The van der Waals surface area contributed by atoms with Crippen LogP contribution >= 0.6 is 0 Å². The van der Waals surface area contributed by atoms with Crippen molar-refractivity contribution in [1.82, 2.24) is 9.78 Å². The van der Waals surface area contributed by atoms with Crippen molar-refractivity contribution >= 4 is 11.6 Å². The smallest absolute Gasteiger partial charge is 0.162 e. The molecule has 0 saturated carbocycles. The zero-order valence-electron chi connectivity index (χ0n) is 18.4. The molecule has 2 heterocycles. The van der Waals surface area contributed by atoms with Crippen LogP contribution < -0.4 is 5.32 Å². The minimum Gasteiger partial charge on any atom is -0.508 e. The number of carbonyl (C=O) groups is 1. The zero-order chi connectivity index (χ0) is 21.9.